The molecule has 0 fully saturated rings. The Morgan fingerprint density at radius 2 is 1.83 bits per heavy atom. The van der Waals surface area contributed by atoms with Crippen LogP contribution in [0.1, 0.15) is 17.3 Å². The first kappa shape index (κ1) is 14.4. The van der Waals surface area contributed by atoms with Gasteiger partial charge in [0.1, 0.15) is 0 Å². The maximum atomic E-state index is 11.4. The Bertz CT molecular complexity index is 378. The molecule has 0 aliphatic rings. The third-order valence-electron chi connectivity index (χ3n) is 2.37. The number of hydrogen-bond acceptors (Lipinski definition) is 6. The minimum atomic E-state index is -0.389. The van der Waals surface area contributed by atoms with Crippen molar-refractivity contribution in [3.8, 4) is 0 Å². The second-order valence-electron chi connectivity index (χ2n) is 4.22. The molecule has 0 aliphatic carbocycles. The van der Waals surface area contributed by atoms with Gasteiger partial charge >= 0.3 is 5.97 Å². The van der Waals surface area contributed by atoms with Crippen molar-refractivity contribution in [1.82, 2.24) is 14.9 Å². The molecule has 0 saturated carbocycles. The zero-order valence-corrected chi connectivity index (χ0v) is 11.4. The fraction of sp³-hybridized carbons (Fsp3) is 0.583. The van der Waals surface area contributed by atoms with Crippen LogP contribution in [-0.4, -0.2) is 61.7 Å². The molecule has 0 saturated heterocycles. The summed E-state index contributed by atoms with van der Waals surface area (Å²) in [7, 11) is 5.94. The van der Waals surface area contributed by atoms with Crippen molar-refractivity contribution in [3.63, 3.8) is 0 Å². The number of hydrogen-bond donors (Lipinski definition) is 0. The number of aromatic nitrogens is 2. The fourth-order valence-corrected chi connectivity index (χ4v) is 1.29. The lowest BCUT2D eigenvalue weighted by atomic mass is 10.3. The van der Waals surface area contributed by atoms with Gasteiger partial charge in [0.25, 0.3) is 0 Å². The van der Waals surface area contributed by atoms with Crippen LogP contribution in [0.3, 0.4) is 0 Å². The lowest BCUT2D eigenvalue weighted by Crippen LogP contribution is -2.29. The van der Waals surface area contributed by atoms with Gasteiger partial charge in [0.2, 0.25) is 5.95 Å². The molecule has 0 radical (unpaired) electrons. The van der Waals surface area contributed by atoms with Crippen molar-refractivity contribution in [2.24, 2.45) is 0 Å². The molecule has 0 atom stereocenters. The normalized spacial score (nSPS) is 10.5. The smallest absolute Gasteiger partial charge is 0.341 e. The first-order valence-electron chi connectivity index (χ1n) is 5.89. The molecule has 18 heavy (non-hydrogen) atoms. The number of esters is 1. The van der Waals surface area contributed by atoms with Crippen LogP contribution >= 0.6 is 0 Å². The molecule has 1 aromatic rings. The van der Waals surface area contributed by atoms with Crippen molar-refractivity contribution in [1.29, 1.82) is 0 Å². The van der Waals surface area contributed by atoms with E-state index in [2.05, 4.69) is 14.9 Å². The van der Waals surface area contributed by atoms with Gasteiger partial charge in [-0.2, -0.15) is 0 Å². The Kier molecular flexibility index (Phi) is 5.51. The lowest BCUT2D eigenvalue weighted by Gasteiger charge is -2.19. The number of likely N-dealkylation sites (N-methyl/N-ethyl adjacent to an activating group) is 2. The van der Waals surface area contributed by atoms with Crippen LogP contribution in [0.5, 0.6) is 0 Å². The fourth-order valence-electron chi connectivity index (χ4n) is 1.29. The molecule has 0 bridgehead atoms. The molecule has 6 nitrogen and oxygen atoms in total. The first-order valence-corrected chi connectivity index (χ1v) is 5.89. The Morgan fingerprint density at radius 3 is 2.33 bits per heavy atom. The minimum absolute atomic E-state index is 0.351. The van der Waals surface area contributed by atoms with E-state index in [9.17, 15) is 4.79 Å². The minimum Gasteiger partial charge on any atom is -0.462 e. The van der Waals surface area contributed by atoms with Gasteiger partial charge in [0.05, 0.1) is 12.2 Å². The van der Waals surface area contributed by atoms with Crippen LogP contribution in [0.4, 0.5) is 5.95 Å². The zero-order chi connectivity index (χ0) is 13.5. The zero-order valence-electron chi connectivity index (χ0n) is 11.4. The van der Waals surface area contributed by atoms with Crippen molar-refractivity contribution >= 4 is 11.9 Å². The summed E-state index contributed by atoms with van der Waals surface area (Å²) < 4.78 is 4.87. The Balaban J connectivity index is 2.61. The molecule has 1 rings (SSSR count). The highest BCUT2D eigenvalue weighted by molar-refractivity contribution is 5.88. The van der Waals surface area contributed by atoms with E-state index in [1.165, 1.54) is 12.4 Å². The molecule has 0 aliphatic heterocycles. The molecule has 6 heteroatoms. The van der Waals surface area contributed by atoms with Crippen LogP contribution in [0, 0.1) is 0 Å². The van der Waals surface area contributed by atoms with Gasteiger partial charge in [0, 0.05) is 32.5 Å². The SMILES string of the molecule is CCOC(=O)c1cnc(N(C)CCN(C)C)nc1. The van der Waals surface area contributed by atoms with E-state index < -0.39 is 0 Å². The summed E-state index contributed by atoms with van der Waals surface area (Å²) in [4.78, 5) is 23.8. The van der Waals surface area contributed by atoms with Crippen LogP contribution in [0.25, 0.3) is 0 Å². The van der Waals surface area contributed by atoms with Crippen LogP contribution < -0.4 is 4.90 Å². The van der Waals surface area contributed by atoms with Gasteiger partial charge < -0.3 is 14.5 Å². The molecular formula is C12H20N4O2. The van der Waals surface area contributed by atoms with E-state index in [4.69, 9.17) is 4.74 Å². The molecular weight excluding hydrogens is 232 g/mol. The highest BCUT2D eigenvalue weighted by Gasteiger charge is 2.09. The maximum Gasteiger partial charge on any atom is 0.341 e. The second kappa shape index (κ2) is 6.90. The van der Waals surface area contributed by atoms with Crippen molar-refractivity contribution in [2.45, 2.75) is 6.92 Å². The van der Waals surface area contributed by atoms with Gasteiger partial charge in [-0.25, -0.2) is 14.8 Å². The number of rotatable bonds is 6. The number of anilines is 1. The third kappa shape index (κ3) is 4.29. The summed E-state index contributed by atoms with van der Waals surface area (Å²) in [5.74, 6) is 0.213. The van der Waals surface area contributed by atoms with E-state index in [0.29, 0.717) is 18.1 Å². The number of ether oxygens (including phenoxy) is 1. The molecule has 1 aromatic heterocycles. The average molecular weight is 252 g/mol. The monoisotopic (exact) mass is 252 g/mol. The van der Waals surface area contributed by atoms with Gasteiger partial charge in [0.15, 0.2) is 0 Å². The second-order valence-corrected chi connectivity index (χ2v) is 4.22. The van der Waals surface area contributed by atoms with E-state index in [1.807, 2.05) is 26.0 Å². The topological polar surface area (TPSA) is 58.6 Å². The largest absolute Gasteiger partial charge is 0.462 e. The number of nitrogens with zero attached hydrogens (tertiary/aromatic N) is 4. The predicted octanol–water partition coefficient (Wildman–Crippen LogP) is 0.651. The van der Waals surface area contributed by atoms with Gasteiger partial charge in [-0.3, -0.25) is 0 Å². The van der Waals surface area contributed by atoms with Crippen molar-refractivity contribution in [3.05, 3.63) is 18.0 Å². The summed E-state index contributed by atoms with van der Waals surface area (Å²) >= 11 is 0. The highest BCUT2D eigenvalue weighted by atomic mass is 16.5. The Labute approximate surface area is 108 Å². The van der Waals surface area contributed by atoms with E-state index in [0.717, 1.165) is 13.1 Å². The summed E-state index contributed by atoms with van der Waals surface area (Å²) in [6.45, 7) is 3.86. The van der Waals surface area contributed by atoms with Gasteiger partial charge in [-0.1, -0.05) is 0 Å². The van der Waals surface area contributed by atoms with E-state index in [1.54, 1.807) is 6.92 Å². The third-order valence-corrected chi connectivity index (χ3v) is 2.37. The molecule has 1 heterocycles. The Morgan fingerprint density at radius 1 is 1.22 bits per heavy atom. The molecule has 0 spiro atoms. The molecule has 0 aromatic carbocycles. The number of carbonyl (C=O) groups is 1. The molecule has 0 unspecified atom stereocenters. The van der Waals surface area contributed by atoms with Crippen molar-refractivity contribution < 1.29 is 9.53 Å². The van der Waals surface area contributed by atoms with E-state index >= 15 is 0 Å². The van der Waals surface area contributed by atoms with Crippen molar-refractivity contribution in [2.75, 3.05) is 45.7 Å². The lowest BCUT2D eigenvalue weighted by molar-refractivity contribution is 0.0525. The summed E-state index contributed by atoms with van der Waals surface area (Å²) in [5.41, 5.74) is 0.376. The van der Waals surface area contributed by atoms with Gasteiger partial charge in [-0.15, -0.1) is 0 Å². The summed E-state index contributed by atoms with van der Waals surface area (Å²) in [6.07, 6.45) is 2.99. The predicted molar refractivity (Wildman–Crippen MR) is 69.8 cm³/mol. The highest BCUT2D eigenvalue weighted by Crippen LogP contribution is 2.06. The molecule has 0 amide bonds. The maximum absolute atomic E-state index is 11.4. The standard InChI is InChI=1S/C12H20N4O2/c1-5-18-11(17)10-8-13-12(14-9-10)16(4)7-6-15(2)3/h8-9H,5-7H2,1-4H3. The average Bonchev–Trinajstić information content (AvgIpc) is 2.36. The number of carbonyl (C=O) groups excluding carboxylic acids is 1. The van der Waals surface area contributed by atoms with Crippen LogP contribution in [0.2, 0.25) is 0 Å². The molecule has 100 valence electrons. The first-order chi connectivity index (χ1) is 8.54. The summed E-state index contributed by atoms with van der Waals surface area (Å²) in [5, 5.41) is 0. The van der Waals surface area contributed by atoms with Gasteiger partial charge in [-0.05, 0) is 21.0 Å². The van der Waals surface area contributed by atoms with E-state index in [-0.39, 0.29) is 5.97 Å². The quantitative estimate of drug-likeness (QED) is 0.693. The molecule has 0 N–H and O–H groups in total. The Hall–Kier alpha value is -1.69. The summed E-state index contributed by atoms with van der Waals surface area (Å²) in [6, 6.07) is 0. The van der Waals surface area contributed by atoms with Crippen LogP contribution in [0.15, 0.2) is 12.4 Å². The van der Waals surface area contributed by atoms with Crippen LogP contribution in [-0.2, 0) is 4.74 Å².